The quantitative estimate of drug-likeness (QED) is 0.345. The average molecular weight is 584 g/mol. The Bertz CT molecular complexity index is 1350. The third kappa shape index (κ3) is 7.74. The van der Waals surface area contributed by atoms with Gasteiger partial charge in [-0.1, -0.05) is 19.9 Å². The summed E-state index contributed by atoms with van der Waals surface area (Å²) in [6.45, 7) is 9.14. The second-order valence-electron chi connectivity index (χ2n) is 11.4. The Morgan fingerprint density at radius 2 is 1.62 bits per heavy atom. The lowest BCUT2D eigenvalue weighted by Gasteiger charge is -2.23. The number of nitrogens with one attached hydrogen (secondary N) is 1. The number of hydrogen-bond donors (Lipinski definition) is 1. The minimum absolute atomic E-state index is 0.0604. The molecule has 2 aromatic carbocycles. The second kappa shape index (κ2) is 13.6. The van der Waals surface area contributed by atoms with E-state index in [9.17, 15) is 14.4 Å². The number of amides is 1. The number of ether oxygens (including phenoxy) is 6. The second-order valence-corrected chi connectivity index (χ2v) is 11.4. The highest BCUT2D eigenvalue weighted by Gasteiger charge is 2.29. The average Bonchev–Trinajstić information content (AvgIpc) is 3.08. The van der Waals surface area contributed by atoms with Crippen molar-refractivity contribution in [2.45, 2.75) is 53.1 Å². The molecule has 10 heteroatoms. The van der Waals surface area contributed by atoms with E-state index in [4.69, 9.17) is 28.4 Å². The molecule has 0 radical (unpaired) electrons. The monoisotopic (exact) mass is 583 g/mol. The largest absolute Gasteiger partial charge is 0.495 e. The first-order chi connectivity index (χ1) is 19.8. The van der Waals surface area contributed by atoms with Crippen molar-refractivity contribution in [1.82, 2.24) is 0 Å². The summed E-state index contributed by atoms with van der Waals surface area (Å²) in [6, 6.07) is 6.90. The molecular weight excluding hydrogens is 542 g/mol. The van der Waals surface area contributed by atoms with E-state index in [0.29, 0.717) is 51.8 Å². The van der Waals surface area contributed by atoms with Gasteiger partial charge in [-0.2, -0.15) is 0 Å². The van der Waals surface area contributed by atoms with Gasteiger partial charge in [-0.15, -0.1) is 0 Å². The van der Waals surface area contributed by atoms with Crippen LogP contribution in [0.1, 0.15) is 58.6 Å². The number of hydrogen-bond acceptors (Lipinski definition) is 9. The molecule has 10 nitrogen and oxygen atoms in total. The molecule has 1 aliphatic heterocycles. The van der Waals surface area contributed by atoms with Gasteiger partial charge < -0.3 is 33.7 Å². The number of benzene rings is 2. The van der Waals surface area contributed by atoms with Crippen LogP contribution in [0.4, 0.5) is 5.69 Å². The fraction of sp³-hybridized carbons (Fsp3) is 0.469. The number of anilines is 1. The molecule has 0 aliphatic carbocycles. The molecule has 0 saturated carbocycles. The summed E-state index contributed by atoms with van der Waals surface area (Å²) in [4.78, 5) is 38.9. The van der Waals surface area contributed by atoms with E-state index in [1.807, 2.05) is 13.8 Å². The van der Waals surface area contributed by atoms with Crippen LogP contribution in [0.25, 0.3) is 5.57 Å². The van der Waals surface area contributed by atoms with E-state index in [-0.39, 0.29) is 36.4 Å². The maximum Gasteiger partial charge on any atom is 0.307 e. The van der Waals surface area contributed by atoms with Crippen LogP contribution >= 0.6 is 0 Å². The summed E-state index contributed by atoms with van der Waals surface area (Å²) in [6.07, 6.45) is 1.91. The first-order valence-corrected chi connectivity index (χ1v) is 13.7. The smallest absolute Gasteiger partial charge is 0.307 e. The van der Waals surface area contributed by atoms with Crippen molar-refractivity contribution in [3.63, 3.8) is 0 Å². The molecule has 3 rings (SSSR count). The lowest BCUT2D eigenvalue weighted by molar-refractivity contribution is -0.157. The molecule has 1 heterocycles. The van der Waals surface area contributed by atoms with Crippen molar-refractivity contribution in [2.24, 2.45) is 11.8 Å². The van der Waals surface area contributed by atoms with E-state index in [2.05, 4.69) is 5.32 Å². The summed E-state index contributed by atoms with van der Waals surface area (Å²) < 4.78 is 33.5. The van der Waals surface area contributed by atoms with Crippen molar-refractivity contribution < 1.29 is 42.8 Å². The molecule has 0 saturated heterocycles. The van der Waals surface area contributed by atoms with E-state index in [1.165, 1.54) is 34.5 Å². The first-order valence-electron chi connectivity index (χ1n) is 13.7. The summed E-state index contributed by atoms with van der Waals surface area (Å²) in [5, 5.41) is 2.94. The number of carbonyl (C=O) groups excluding carboxylic acids is 3. The maximum atomic E-state index is 13.5. The molecule has 0 spiro atoms. The molecule has 0 fully saturated rings. The molecule has 228 valence electrons. The van der Waals surface area contributed by atoms with Crippen LogP contribution in [-0.4, -0.2) is 58.3 Å². The number of fused-ring (bicyclic) bond motifs is 1. The minimum Gasteiger partial charge on any atom is -0.495 e. The van der Waals surface area contributed by atoms with Crippen molar-refractivity contribution >= 4 is 28.9 Å². The van der Waals surface area contributed by atoms with Gasteiger partial charge in [-0.25, -0.2) is 0 Å². The van der Waals surface area contributed by atoms with Crippen molar-refractivity contribution in [3.8, 4) is 28.7 Å². The molecule has 1 atom stereocenters. The predicted molar refractivity (Wildman–Crippen MR) is 159 cm³/mol. The van der Waals surface area contributed by atoms with Gasteiger partial charge in [0.05, 0.1) is 40.5 Å². The van der Waals surface area contributed by atoms with Crippen molar-refractivity contribution in [3.05, 3.63) is 41.5 Å². The fourth-order valence-electron chi connectivity index (χ4n) is 4.78. The van der Waals surface area contributed by atoms with Crippen molar-refractivity contribution in [2.75, 3.05) is 40.4 Å². The number of esters is 1. The molecule has 1 amide bonds. The molecule has 1 aliphatic rings. The fourth-order valence-corrected chi connectivity index (χ4v) is 4.78. The van der Waals surface area contributed by atoms with Gasteiger partial charge in [0.1, 0.15) is 11.4 Å². The Kier molecular flexibility index (Phi) is 10.5. The number of ketones is 1. The lowest BCUT2D eigenvalue weighted by atomic mass is 9.92. The number of rotatable bonds is 11. The topological polar surface area (TPSA) is 119 Å². The Labute approximate surface area is 247 Å². The van der Waals surface area contributed by atoms with E-state index in [0.717, 1.165) is 0 Å². The van der Waals surface area contributed by atoms with E-state index < -0.39 is 17.5 Å². The first kappa shape index (κ1) is 32.3. The number of methoxy groups -OCH3 is 4. The van der Waals surface area contributed by atoms with Crippen LogP contribution in [0.2, 0.25) is 0 Å². The minimum atomic E-state index is -0.660. The third-order valence-corrected chi connectivity index (χ3v) is 6.47. The SMILES string of the molecule is COc1ccc(C2=CC(=O)COc3c2cc(OC)c(OC)c3OC)cc1NC(=O)C(CC(=O)OC(C)(C)C)CC(C)C. The Morgan fingerprint density at radius 1 is 0.952 bits per heavy atom. The van der Waals surface area contributed by atoms with Gasteiger partial charge >= 0.3 is 5.97 Å². The van der Waals surface area contributed by atoms with Gasteiger partial charge in [0, 0.05) is 11.5 Å². The summed E-state index contributed by atoms with van der Waals surface area (Å²) >= 11 is 0. The van der Waals surface area contributed by atoms with Gasteiger partial charge in [0.25, 0.3) is 0 Å². The molecule has 0 aromatic heterocycles. The summed E-state index contributed by atoms with van der Waals surface area (Å²) in [5.74, 6) is 0.226. The van der Waals surface area contributed by atoms with Crippen molar-refractivity contribution in [1.29, 1.82) is 0 Å². The highest BCUT2D eigenvalue weighted by atomic mass is 16.6. The van der Waals surface area contributed by atoms with Crippen LogP contribution in [0.15, 0.2) is 30.3 Å². The summed E-state index contributed by atoms with van der Waals surface area (Å²) in [7, 11) is 5.96. The molecule has 1 N–H and O–H groups in total. The van der Waals surface area contributed by atoms with Gasteiger partial charge in [-0.3, -0.25) is 14.4 Å². The normalized spacial score (nSPS) is 13.7. The van der Waals surface area contributed by atoms with Crippen LogP contribution in [0.3, 0.4) is 0 Å². The Balaban J connectivity index is 2.06. The van der Waals surface area contributed by atoms with E-state index in [1.54, 1.807) is 45.0 Å². The Hall–Kier alpha value is -4.21. The summed E-state index contributed by atoms with van der Waals surface area (Å²) in [5.41, 5.74) is 1.39. The molecule has 0 bridgehead atoms. The zero-order chi connectivity index (χ0) is 31.2. The van der Waals surface area contributed by atoms with Crippen LogP contribution in [0, 0.1) is 11.8 Å². The maximum absolute atomic E-state index is 13.5. The zero-order valence-corrected chi connectivity index (χ0v) is 25.8. The van der Waals surface area contributed by atoms with Gasteiger partial charge in [0.15, 0.2) is 23.9 Å². The third-order valence-electron chi connectivity index (χ3n) is 6.47. The highest BCUT2D eigenvalue weighted by molar-refractivity contribution is 6.04. The molecule has 1 unspecified atom stereocenters. The molecular formula is C32H41NO9. The molecule has 42 heavy (non-hydrogen) atoms. The van der Waals surface area contributed by atoms with Gasteiger partial charge in [0.2, 0.25) is 17.4 Å². The zero-order valence-electron chi connectivity index (χ0n) is 25.8. The number of carbonyl (C=O) groups is 3. The van der Waals surface area contributed by atoms with Gasteiger partial charge in [-0.05, 0) is 68.5 Å². The highest BCUT2D eigenvalue weighted by Crippen LogP contribution is 2.50. The van der Waals surface area contributed by atoms with Crippen LogP contribution < -0.4 is 29.0 Å². The predicted octanol–water partition coefficient (Wildman–Crippen LogP) is 5.45. The Morgan fingerprint density at radius 3 is 2.19 bits per heavy atom. The standard InChI is InChI=1S/C32H41NO9/c1-18(2)12-20(14-27(35)42-32(3,4)5)31(36)33-24-13-19(10-11-25(24)37-6)22-15-21(34)17-41-28-23(22)16-26(38-7)29(39-8)30(28)40-9/h10-11,13,15-16,18,20H,12,14,17H2,1-9H3,(H,33,36). The molecule has 2 aromatic rings. The lowest BCUT2D eigenvalue weighted by Crippen LogP contribution is -2.30. The van der Waals surface area contributed by atoms with Crippen LogP contribution in [0.5, 0.6) is 28.7 Å². The van der Waals surface area contributed by atoms with E-state index >= 15 is 0 Å². The van der Waals surface area contributed by atoms with Crippen LogP contribution in [-0.2, 0) is 19.1 Å².